The first-order valence-electron chi connectivity index (χ1n) is 6.37. The molecule has 1 atom stereocenters. The molecule has 1 unspecified atom stereocenters. The monoisotopic (exact) mass is 212 g/mol. The average molecular weight is 212 g/mol. The largest absolute Gasteiger partial charge is 0.311 e. The first-order valence-corrected chi connectivity index (χ1v) is 6.37. The molecule has 1 heterocycles. The van der Waals surface area contributed by atoms with Crippen LogP contribution in [0.15, 0.2) is 0 Å². The quantitative estimate of drug-likeness (QED) is 0.770. The summed E-state index contributed by atoms with van der Waals surface area (Å²) in [6.07, 6.45) is 2.75. The number of rotatable bonds is 4. The Morgan fingerprint density at radius 2 is 2.00 bits per heavy atom. The third-order valence-electron chi connectivity index (χ3n) is 2.97. The van der Waals surface area contributed by atoms with Crippen molar-refractivity contribution in [1.29, 1.82) is 0 Å². The molecule has 0 amide bonds. The van der Waals surface area contributed by atoms with E-state index in [-0.39, 0.29) is 5.54 Å². The van der Waals surface area contributed by atoms with Crippen molar-refractivity contribution < 1.29 is 0 Å². The SMILES string of the molecule is CC(C)CN1CCCC1CNC(C)(C)C. The van der Waals surface area contributed by atoms with Crippen molar-refractivity contribution in [2.45, 2.75) is 59.0 Å². The second kappa shape index (κ2) is 5.31. The summed E-state index contributed by atoms with van der Waals surface area (Å²) in [5.41, 5.74) is 0.256. The highest BCUT2D eigenvalue weighted by atomic mass is 15.2. The summed E-state index contributed by atoms with van der Waals surface area (Å²) in [4.78, 5) is 2.66. The molecular formula is C13H28N2. The maximum Gasteiger partial charge on any atom is 0.0221 e. The van der Waals surface area contributed by atoms with E-state index in [2.05, 4.69) is 44.8 Å². The lowest BCUT2D eigenvalue weighted by Crippen LogP contribution is -2.45. The third kappa shape index (κ3) is 4.98. The maximum absolute atomic E-state index is 3.63. The van der Waals surface area contributed by atoms with Crippen LogP contribution in [0.3, 0.4) is 0 Å². The first kappa shape index (κ1) is 13.0. The van der Waals surface area contributed by atoms with Gasteiger partial charge in [-0.1, -0.05) is 13.8 Å². The van der Waals surface area contributed by atoms with Gasteiger partial charge in [0.15, 0.2) is 0 Å². The molecule has 0 aromatic heterocycles. The number of hydrogen-bond acceptors (Lipinski definition) is 2. The van der Waals surface area contributed by atoms with Crippen molar-refractivity contribution in [1.82, 2.24) is 10.2 Å². The molecule has 90 valence electrons. The molecule has 1 fully saturated rings. The molecule has 0 radical (unpaired) electrons. The molecule has 2 heteroatoms. The van der Waals surface area contributed by atoms with Gasteiger partial charge in [0, 0.05) is 24.7 Å². The molecule has 1 N–H and O–H groups in total. The molecule has 0 bridgehead atoms. The fourth-order valence-electron chi connectivity index (χ4n) is 2.26. The summed E-state index contributed by atoms with van der Waals surface area (Å²) in [7, 11) is 0. The van der Waals surface area contributed by atoms with Gasteiger partial charge in [0.25, 0.3) is 0 Å². The minimum absolute atomic E-state index is 0.256. The number of likely N-dealkylation sites (tertiary alicyclic amines) is 1. The maximum atomic E-state index is 3.63. The average Bonchev–Trinajstić information content (AvgIpc) is 2.46. The van der Waals surface area contributed by atoms with Crippen LogP contribution in [0.2, 0.25) is 0 Å². The molecular weight excluding hydrogens is 184 g/mol. The highest BCUT2D eigenvalue weighted by Crippen LogP contribution is 2.18. The summed E-state index contributed by atoms with van der Waals surface area (Å²) >= 11 is 0. The van der Waals surface area contributed by atoms with Gasteiger partial charge in [-0.15, -0.1) is 0 Å². The molecule has 1 rings (SSSR count). The summed E-state index contributed by atoms with van der Waals surface area (Å²) < 4.78 is 0. The van der Waals surface area contributed by atoms with Crippen molar-refractivity contribution in [2.75, 3.05) is 19.6 Å². The van der Waals surface area contributed by atoms with Gasteiger partial charge in [-0.2, -0.15) is 0 Å². The summed E-state index contributed by atoms with van der Waals surface area (Å²) in [6, 6.07) is 0.770. The van der Waals surface area contributed by atoms with Gasteiger partial charge in [0.05, 0.1) is 0 Å². The summed E-state index contributed by atoms with van der Waals surface area (Å²) in [5.74, 6) is 0.792. The Balaban J connectivity index is 2.33. The van der Waals surface area contributed by atoms with E-state index in [1.165, 1.54) is 25.9 Å². The standard InChI is InChI=1S/C13H28N2/c1-11(2)10-15-8-6-7-12(15)9-14-13(3,4)5/h11-12,14H,6-10H2,1-5H3. The summed E-state index contributed by atoms with van der Waals surface area (Å²) in [5, 5.41) is 3.63. The Bertz CT molecular complexity index is 181. The van der Waals surface area contributed by atoms with Crippen LogP contribution in [0.4, 0.5) is 0 Å². The molecule has 0 saturated carbocycles. The highest BCUT2D eigenvalue weighted by Gasteiger charge is 2.25. The molecule has 1 saturated heterocycles. The second-order valence-corrected chi connectivity index (χ2v) is 6.32. The normalized spacial score (nSPS) is 24.0. The fraction of sp³-hybridized carbons (Fsp3) is 1.00. The zero-order valence-electron chi connectivity index (χ0n) is 11.1. The van der Waals surface area contributed by atoms with Crippen LogP contribution < -0.4 is 5.32 Å². The van der Waals surface area contributed by atoms with Crippen LogP contribution in [-0.4, -0.2) is 36.1 Å². The van der Waals surface area contributed by atoms with Crippen LogP contribution in [0.25, 0.3) is 0 Å². The van der Waals surface area contributed by atoms with E-state index >= 15 is 0 Å². The minimum atomic E-state index is 0.256. The Morgan fingerprint density at radius 1 is 1.33 bits per heavy atom. The molecule has 1 aliphatic rings. The van der Waals surface area contributed by atoms with Crippen LogP contribution in [0, 0.1) is 5.92 Å². The van der Waals surface area contributed by atoms with Gasteiger partial charge in [-0.05, 0) is 46.1 Å². The number of nitrogens with zero attached hydrogens (tertiary/aromatic N) is 1. The van der Waals surface area contributed by atoms with Crippen molar-refractivity contribution >= 4 is 0 Å². The van der Waals surface area contributed by atoms with E-state index in [0.29, 0.717) is 0 Å². The lowest BCUT2D eigenvalue weighted by Gasteiger charge is -2.29. The highest BCUT2D eigenvalue weighted by molar-refractivity contribution is 4.84. The van der Waals surface area contributed by atoms with Gasteiger partial charge < -0.3 is 5.32 Å². The molecule has 15 heavy (non-hydrogen) atoms. The van der Waals surface area contributed by atoms with Gasteiger partial charge in [-0.25, -0.2) is 0 Å². The number of nitrogens with one attached hydrogen (secondary N) is 1. The summed E-state index contributed by atoms with van der Waals surface area (Å²) in [6.45, 7) is 15.1. The van der Waals surface area contributed by atoms with Crippen LogP contribution in [0.5, 0.6) is 0 Å². The van der Waals surface area contributed by atoms with E-state index in [9.17, 15) is 0 Å². The van der Waals surface area contributed by atoms with Crippen molar-refractivity contribution in [2.24, 2.45) is 5.92 Å². The van der Waals surface area contributed by atoms with E-state index in [1.54, 1.807) is 0 Å². The predicted molar refractivity (Wildman–Crippen MR) is 67.2 cm³/mol. The first-order chi connectivity index (χ1) is 6.88. The lowest BCUT2D eigenvalue weighted by molar-refractivity contribution is 0.211. The minimum Gasteiger partial charge on any atom is -0.311 e. The van der Waals surface area contributed by atoms with Crippen molar-refractivity contribution in [3.05, 3.63) is 0 Å². The van der Waals surface area contributed by atoms with E-state index < -0.39 is 0 Å². The van der Waals surface area contributed by atoms with Crippen molar-refractivity contribution in [3.8, 4) is 0 Å². The molecule has 0 aromatic rings. The van der Waals surface area contributed by atoms with Gasteiger partial charge >= 0.3 is 0 Å². The van der Waals surface area contributed by atoms with Gasteiger partial charge in [-0.3, -0.25) is 4.90 Å². The molecule has 0 aromatic carbocycles. The van der Waals surface area contributed by atoms with Crippen LogP contribution in [0.1, 0.15) is 47.5 Å². The number of hydrogen-bond donors (Lipinski definition) is 1. The van der Waals surface area contributed by atoms with Crippen molar-refractivity contribution in [3.63, 3.8) is 0 Å². The third-order valence-corrected chi connectivity index (χ3v) is 2.97. The Kier molecular flexibility index (Phi) is 4.60. The van der Waals surface area contributed by atoms with E-state index in [0.717, 1.165) is 18.5 Å². The van der Waals surface area contributed by atoms with Crippen LogP contribution in [-0.2, 0) is 0 Å². The topological polar surface area (TPSA) is 15.3 Å². The zero-order chi connectivity index (χ0) is 11.5. The Morgan fingerprint density at radius 3 is 2.53 bits per heavy atom. The van der Waals surface area contributed by atoms with E-state index in [1.807, 2.05) is 0 Å². The fourth-order valence-corrected chi connectivity index (χ4v) is 2.26. The van der Waals surface area contributed by atoms with Crippen LogP contribution >= 0.6 is 0 Å². The molecule has 2 nitrogen and oxygen atoms in total. The Hall–Kier alpha value is -0.0800. The molecule has 0 spiro atoms. The van der Waals surface area contributed by atoms with E-state index in [4.69, 9.17) is 0 Å². The second-order valence-electron chi connectivity index (χ2n) is 6.32. The molecule has 0 aliphatic carbocycles. The smallest absolute Gasteiger partial charge is 0.0221 e. The molecule has 1 aliphatic heterocycles. The Labute approximate surface area is 95.4 Å². The van der Waals surface area contributed by atoms with Gasteiger partial charge in [0.2, 0.25) is 0 Å². The lowest BCUT2D eigenvalue weighted by atomic mass is 10.1. The predicted octanol–water partition coefficient (Wildman–Crippen LogP) is 2.49. The zero-order valence-corrected chi connectivity index (χ0v) is 11.1. The van der Waals surface area contributed by atoms with Gasteiger partial charge in [0.1, 0.15) is 0 Å².